The van der Waals surface area contributed by atoms with Gasteiger partial charge in [-0.2, -0.15) is 0 Å². The van der Waals surface area contributed by atoms with Crippen LogP contribution in [0.5, 0.6) is 0 Å². The van der Waals surface area contributed by atoms with Crippen molar-refractivity contribution in [1.82, 2.24) is 0 Å². The fourth-order valence-corrected chi connectivity index (χ4v) is 0. The normalized spacial score (nSPS) is 3.06. The van der Waals surface area contributed by atoms with Crippen LogP contribution >= 0.6 is 0 Å². The molecular formula is C83H294. The highest BCUT2D eigenvalue weighted by atomic mass is 13.1. The molecule has 0 spiro atoms. The minimum atomic E-state index is 0. The molecule has 626 valence electrons. The molecule has 0 unspecified atom stereocenters. The van der Waals surface area contributed by atoms with Crippen LogP contribution in [0.1, 0.15) is 611 Å². The van der Waals surface area contributed by atoms with Gasteiger partial charge >= 0.3 is 0 Å². The highest BCUT2D eigenvalue weighted by Gasteiger charge is 1.00. The van der Waals surface area contributed by atoms with Gasteiger partial charge in [-0.3, -0.25) is 0 Å². The molecule has 0 saturated carbocycles. The predicted octanol–water partition coefficient (Wildman–Crippen LogP) is 48.1. The lowest BCUT2D eigenvalue weighted by Crippen LogP contribution is -0.856. The molecule has 0 aromatic rings. The summed E-state index contributed by atoms with van der Waals surface area (Å²) in [4.78, 5) is 0. The molecule has 0 fully saturated rings. The zero-order valence-electron chi connectivity index (χ0n) is 82.0. The van der Waals surface area contributed by atoms with E-state index in [0.29, 0.717) is 0 Å². The summed E-state index contributed by atoms with van der Waals surface area (Å²) >= 11 is 0. The van der Waals surface area contributed by atoms with E-state index in [9.17, 15) is 0 Å². The summed E-state index contributed by atoms with van der Waals surface area (Å²) in [5.74, 6) is 0. The molecule has 0 rings (SSSR count). The molecule has 0 radical (unpaired) electrons. The lowest BCUT2D eigenvalue weighted by atomic mass is 11.0. The Morgan fingerprint density at radius 2 is 0.0602 bits per heavy atom. The van der Waals surface area contributed by atoms with Gasteiger partial charge in [-0.15, -0.1) is 0 Å². The quantitative estimate of drug-likeness (QED) is 0.227. The standard InChI is InChI=1S/37C2H6.9CH4.18H2/c37*1-2;;;;;;;;;;;;;;;;;;;;;;;;;;;/h37*1-2H3;9*1H4;18*1H/i;;;;;;;;;;;;;;;;;;;;;;;;;;;;;;;;;;;;;;;;;;;;;;4*1+1D;14*1+1. The maximum atomic E-state index is 5.00. The first-order valence-corrected chi connectivity index (χ1v) is 37.0. The van der Waals surface area contributed by atoms with Crippen molar-refractivity contribution in [3.05, 3.63) is 0 Å². The Morgan fingerprint density at radius 3 is 0.0602 bits per heavy atom. The summed E-state index contributed by atoms with van der Waals surface area (Å²) < 4.78 is 40.0. The van der Waals surface area contributed by atoms with Gasteiger partial charge in [-0.25, -0.2) is 0 Å². The molecule has 0 aliphatic rings. The smallest absolute Gasteiger partial charge is 0 e. The van der Waals surface area contributed by atoms with Gasteiger partial charge in [0.05, 0.1) is 0 Å². The van der Waals surface area contributed by atoms with Crippen LogP contribution in [0.4, 0.5) is 0 Å². The first kappa shape index (κ1) is 332. The summed E-state index contributed by atoms with van der Waals surface area (Å²) in [5.41, 5.74) is 0. The van der Waals surface area contributed by atoms with E-state index in [1.165, 1.54) is 0 Å². The van der Waals surface area contributed by atoms with Crippen LogP contribution < -0.4 is 0 Å². The maximum Gasteiger partial charge on any atom is 0 e. The topological polar surface area (TPSA) is 0 Å². The van der Waals surface area contributed by atoms with E-state index in [1.807, 2.05) is 512 Å². The zero-order valence-corrected chi connectivity index (χ0v) is 74.0. The van der Waals surface area contributed by atoms with Crippen LogP contribution in [0.3, 0.4) is 0 Å². The van der Waals surface area contributed by atoms with Crippen molar-refractivity contribution in [2.45, 2.75) is 579 Å². The van der Waals surface area contributed by atoms with Gasteiger partial charge in [0.2, 0.25) is 0 Å². The average Bonchev–Trinajstić information content (AvgIpc) is 3.73. The summed E-state index contributed by atoms with van der Waals surface area (Å²) in [5, 5.41) is 0. The molecule has 0 heterocycles. The Kier molecular flexibility index (Phi) is 0. The Labute approximate surface area is 609 Å². The van der Waals surface area contributed by atoms with Crippen LogP contribution in [0.2, 0.25) is 0 Å². The van der Waals surface area contributed by atoms with Crippen molar-refractivity contribution in [3.8, 4) is 0 Å². The Hall–Kier alpha value is 0. The van der Waals surface area contributed by atoms with Crippen LogP contribution in [0, 0.1) is 0 Å². The van der Waals surface area contributed by atoms with Gasteiger partial charge in [-0.05, 0) is 0 Å². The Bertz CT molecular complexity index is 77.8. The molecule has 0 nitrogen and oxygen atoms in total. The molecule has 0 aromatic carbocycles. The van der Waals surface area contributed by atoms with Gasteiger partial charge in [0.15, 0.2) is 0 Å². The molecule has 0 heteroatoms. The third-order valence-corrected chi connectivity index (χ3v) is 0. The van der Waals surface area contributed by atoms with E-state index in [-0.39, 0.29) is 86.8 Å². The number of hydrogen-bond donors (Lipinski definition) is 0. The SMILES string of the molecule is C.C.C.C.C.C.C.C.C.CC.CC.CC.CC.CC.CC.CC.CC.CC.CC.CC.CC.CC.CC.CC.CC.CC.CC.CC.CC.CC.CC.CC.CC.CC.CC.CC.CC.CC.CC.CC.CC.CC.CC.CC.CC.CC.[2HH].[2HH].[2HH].[2HH].[2HH].[2HH].[2HH].[2HH].[2HH].[2HH].[2HH].[2HH].[2HH].[2HH].[2H][2H].[2H][2H].[2H][2H].[2H][2H]. The van der Waals surface area contributed by atoms with Crippen molar-refractivity contribution in [3.63, 3.8) is 0 Å². The molecular weight excluding hydrogens is 997 g/mol. The molecule has 0 aliphatic heterocycles. The minimum Gasteiger partial charge on any atom is -0.0776 e. The Morgan fingerprint density at radius 1 is 0.0602 bits per heavy atom. The number of hydrogen-bond acceptors (Lipinski definition) is 0. The summed E-state index contributed by atoms with van der Waals surface area (Å²) in [7, 11) is 0. The van der Waals surface area contributed by atoms with Gasteiger partial charge in [-0.1, -0.05) is 579 Å². The second-order valence-electron chi connectivity index (χ2n) is 0. The average molecular weight is 1320 g/mol. The third kappa shape index (κ3) is 0. The molecule has 0 bridgehead atoms. The van der Waals surface area contributed by atoms with Crippen LogP contribution in [0.15, 0.2) is 0 Å². The fraction of sp³-hybridized carbons (Fsp3) is 1.00. The molecule has 83 heavy (non-hydrogen) atoms. The highest BCUT2D eigenvalue weighted by Crippen LogP contribution is 1.22. The van der Waals surface area contributed by atoms with E-state index >= 15 is 0 Å². The highest BCUT2D eigenvalue weighted by molar-refractivity contribution is 3.58. The van der Waals surface area contributed by atoms with E-state index in [0.717, 1.165) is 0 Å². The largest absolute Gasteiger partial charge is 0.0776 e. The van der Waals surface area contributed by atoms with Gasteiger partial charge < -0.3 is 0 Å². The van der Waals surface area contributed by atoms with Crippen molar-refractivity contribution >= 4 is 0 Å². The lowest BCUT2D eigenvalue weighted by molar-refractivity contribution is 1.50. The Balaban J connectivity index is -0.00000000263. The van der Waals surface area contributed by atoms with Crippen LogP contribution in [-0.2, 0) is 0 Å². The summed E-state index contributed by atoms with van der Waals surface area (Å²) in [6.07, 6.45) is 0. The summed E-state index contributed by atoms with van der Waals surface area (Å²) in [6, 6.07) is 0. The van der Waals surface area contributed by atoms with E-state index < -0.39 is 0 Å². The molecule has 0 atom stereocenters. The van der Waals surface area contributed by atoms with E-state index in [4.69, 9.17) is 11.9 Å². The summed E-state index contributed by atoms with van der Waals surface area (Å²) in [6.45, 7) is 148. The first-order chi connectivity index (χ1) is 41.0. The fourth-order valence-electron chi connectivity index (χ4n) is 0. The molecule has 0 aromatic heterocycles. The molecule has 0 N–H and O–H groups in total. The minimum absolute atomic E-state index is 0. The lowest BCUT2D eigenvalue weighted by Gasteiger charge is -1.07. The molecule has 0 aliphatic carbocycles. The van der Waals surface area contributed by atoms with E-state index in [2.05, 4.69) is 0 Å². The van der Waals surface area contributed by atoms with E-state index in [1.54, 1.807) is 0 Å². The van der Waals surface area contributed by atoms with Crippen molar-refractivity contribution in [2.24, 2.45) is 0 Å². The van der Waals surface area contributed by atoms with Gasteiger partial charge in [0.25, 0.3) is 0 Å². The second kappa shape index (κ2) is 0. The second-order valence-corrected chi connectivity index (χ2v) is 0. The van der Waals surface area contributed by atoms with Crippen molar-refractivity contribution < 1.29 is 31.9 Å². The van der Waals surface area contributed by atoms with Crippen molar-refractivity contribution in [2.75, 3.05) is 0 Å². The predicted molar refractivity (Wildman–Crippen MR) is 519 cm³/mol. The van der Waals surface area contributed by atoms with Gasteiger partial charge in [0, 0.05) is 31.9 Å². The zero-order chi connectivity index (χ0) is 82.0. The van der Waals surface area contributed by atoms with Gasteiger partial charge in [0.1, 0.15) is 0 Å². The first-order valence-electron chi connectivity index (χ1n) is 41.0. The molecule has 0 amide bonds. The van der Waals surface area contributed by atoms with Crippen molar-refractivity contribution in [1.29, 1.82) is 0 Å². The molecule has 0 saturated heterocycles. The van der Waals surface area contributed by atoms with Crippen LogP contribution in [-0.4, -0.2) is 0 Å². The maximum absolute atomic E-state index is 5.00. The van der Waals surface area contributed by atoms with Crippen LogP contribution in [0.25, 0.3) is 0 Å². The third-order valence-electron chi connectivity index (χ3n) is 0. The number of rotatable bonds is 0. The monoisotopic (exact) mass is 1310 g/mol.